The van der Waals surface area contributed by atoms with Crippen LogP contribution in [-0.4, -0.2) is 22.4 Å². The minimum atomic E-state index is -0.0561. The Hall–Kier alpha value is -2.82. The number of aromatic nitrogens is 2. The zero-order chi connectivity index (χ0) is 17.3. The fourth-order valence-corrected chi connectivity index (χ4v) is 2.55. The number of rotatable bonds is 4. The van der Waals surface area contributed by atoms with Crippen molar-refractivity contribution in [2.75, 3.05) is 12.4 Å². The van der Waals surface area contributed by atoms with E-state index in [9.17, 15) is 4.79 Å². The summed E-state index contributed by atoms with van der Waals surface area (Å²) in [5.74, 6) is 0.765. The normalized spacial score (nSPS) is 11.0. The van der Waals surface area contributed by atoms with Crippen LogP contribution < -0.4 is 10.1 Å². The number of benzene rings is 1. The molecule has 3 aromatic rings. The average Bonchev–Trinajstić information content (AvgIpc) is 2.91. The second kappa shape index (κ2) is 6.35. The minimum Gasteiger partial charge on any atom is -0.497 e. The largest absolute Gasteiger partial charge is 0.497 e. The van der Waals surface area contributed by atoms with Gasteiger partial charge >= 0.3 is 0 Å². The van der Waals surface area contributed by atoms with E-state index in [-0.39, 0.29) is 11.8 Å². The number of methoxy groups -OCH3 is 1. The van der Waals surface area contributed by atoms with Crippen molar-refractivity contribution >= 4 is 17.2 Å². The third-order valence-corrected chi connectivity index (χ3v) is 4.01. The summed E-state index contributed by atoms with van der Waals surface area (Å²) < 4.78 is 7.20. The Labute approximate surface area is 141 Å². The second-order valence-corrected chi connectivity index (χ2v) is 6.06. The first-order chi connectivity index (χ1) is 11.5. The Bertz CT molecular complexity index is 880. The number of hydrogen-bond acceptors (Lipinski definition) is 3. The van der Waals surface area contributed by atoms with Gasteiger partial charge in [-0.2, -0.15) is 0 Å². The highest BCUT2D eigenvalue weighted by Crippen LogP contribution is 2.26. The molecule has 0 aliphatic rings. The Morgan fingerprint density at radius 1 is 1.17 bits per heavy atom. The number of amides is 1. The zero-order valence-electron chi connectivity index (χ0n) is 14.3. The number of nitrogens with zero attached hydrogens (tertiary/aromatic N) is 2. The lowest BCUT2D eigenvalue weighted by atomic mass is 10.1. The predicted octanol–water partition coefficient (Wildman–Crippen LogP) is 3.91. The monoisotopic (exact) mass is 323 g/mol. The zero-order valence-corrected chi connectivity index (χ0v) is 14.3. The molecule has 0 unspecified atom stereocenters. The van der Waals surface area contributed by atoms with Crippen LogP contribution in [0.2, 0.25) is 0 Å². The molecule has 3 rings (SSSR count). The van der Waals surface area contributed by atoms with Crippen LogP contribution >= 0.6 is 0 Å². The molecule has 0 saturated carbocycles. The molecule has 1 N–H and O–H groups in total. The van der Waals surface area contributed by atoms with E-state index in [4.69, 9.17) is 9.72 Å². The van der Waals surface area contributed by atoms with Gasteiger partial charge in [0.2, 0.25) is 5.91 Å². The molecule has 1 amide bonds. The number of anilines is 1. The Morgan fingerprint density at radius 3 is 2.50 bits per heavy atom. The lowest BCUT2D eigenvalue weighted by Gasteiger charge is -2.08. The molecule has 5 nitrogen and oxygen atoms in total. The summed E-state index contributed by atoms with van der Waals surface area (Å²) in [6.45, 7) is 5.77. The molecule has 2 heterocycles. The van der Waals surface area contributed by atoms with E-state index >= 15 is 0 Å². The smallest absolute Gasteiger partial charge is 0.226 e. The third-order valence-electron chi connectivity index (χ3n) is 4.01. The molecule has 0 aliphatic carbocycles. The van der Waals surface area contributed by atoms with Crippen LogP contribution in [0.15, 0.2) is 42.6 Å². The maximum atomic E-state index is 11.9. The summed E-state index contributed by atoms with van der Waals surface area (Å²) in [5, 5.41) is 2.92. The van der Waals surface area contributed by atoms with Gasteiger partial charge in [0.1, 0.15) is 11.4 Å². The summed E-state index contributed by atoms with van der Waals surface area (Å²) in [6.07, 6.45) is 1.91. The van der Waals surface area contributed by atoms with Crippen molar-refractivity contribution in [1.82, 2.24) is 9.38 Å². The molecule has 0 bridgehead atoms. The van der Waals surface area contributed by atoms with Gasteiger partial charge in [0.05, 0.1) is 18.5 Å². The van der Waals surface area contributed by atoms with Gasteiger partial charge in [-0.3, -0.25) is 4.79 Å². The lowest BCUT2D eigenvalue weighted by Crippen LogP contribution is -2.17. The van der Waals surface area contributed by atoms with Crippen molar-refractivity contribution in [3.63, 3.8) is 0 Å². The number of imidazole rings is 1. The van der Waals surface area contributed by atoms with E-state index in [1.807, 2.05) is 67.8 Å². The third kappa shape index (κ3) is 2.97. The van der Waals surface area contributed by atoms with Gasteiger partial charge in [0, 0.05) is 23.4 Å². The van der Waals surface area contributed by atoms with Crippen LogP contribution in [0.1, 0.15) is 19.5 Å². The van der Waals surface area contributed by atoms with E-state index in [0.29, 0.717) is 0 Å². The van der Waals surface area contributed by atoms with Gasteiger partial charge in [0.25, 0.3) is 0 Å². The van der Waals surface area contributed by atoms with Crippen molar-refractivity contribution in [1.29, 1.82) is 0 Å². The fourth-order valence-electron chi connectivity index (χ4n) is 2.55. The highest BCUT2D eigenvalue weighted by Gasteiger charge is 2.12. The summed E-state index contributed by atoms with van der Waals surface area (Å²) >= 11 is 0. The molecular formula is C19H21N3O2. The van der Waals surface area contributed by atoms with Gasteiger partial charge in [0.15, 0.2) is 0 Å². The van der Waals surface area contributed by atoms with Crippen molar-refractivity contribution in [3.05, 3.63) is 48.3 Å². The molecule has 2 aromatic heterocycles. The number of fused-ring (bicyclic) bond motifs is 1. The summed E-state index contributed by atoms with van der Waals surface area (Å²) in [5.41, 5.74) is 4.59. The van der Waals surface area contributed by atoms with E-state index in [0.717, 1.165) is 34.0 Å². The highest BCUT2D eigenvalue weighted by atomic mass is 16.5. The summed E-state index contributed by atoms with van der Waals surface area (Å²) in [7, 11) is 1.65. The molecule has 0 spiro atoms. The van der Waals surface area contributed by atoms with Gasteiger partial charge in [-0.25, -0.2) is 4.98 Å². The molecule has 0 saturated heterocycles. The van der Waals surface area contributed by atoms with Crippen LogP contribution in [0.3, 0.4) is 0 Å². The molecule has 24 heavy (non-hydrogen) atoms. The number of ether oxygens (including phenoxy) is 1. The SMILES string of the molecule is COc1ccc(-c2nc3ccc(NC(=O)C(C)C)cn3c2C)cc1. The molecule has 0 fully saturated rings. The van der Waals surface area contributed by atoms with Crippen LogP contribution in [0.5, 0.6) is 5.75 Å². The number of carbonyl (C=O) groups is 1. The maximum absolute atomic E-state index is 11.9. The van der Waals surface area contributed by atoms with E-state index < -0.39 is 0 Å². The maximum Gasteiger partial charge on any atom is 0.226 e. The molecule has 0 atom stereocenters. The van der Waals surface area contributed by atoms with Crippen molar-refractivity contribution in [3.8, 4) is 17.0 Å². The average molecular weight is 323 g/mol. The molecule has 124 valence electrons. The predicted molar refractivity (Wildman–Crippen MR) is 95.4 cm³/mol. The van der Waals surface area contributed by atoms with E-state index in [1.165, 1.54) is 0 Å². The number of aryl methyl sites for hydroxylation is 1. The Kier molecular flexibility index (Phi) is 4.25. The molecule has 0 radical (unpaired) electrons. The fraction of sp³-hybridized carbons (Fsp3) is 0.263. The molecule has 1 aromatic carbocycles. The van der Waals surface area contributed by atoms with Gasteiger partial charge in [-0.15, -0.1) is 0 Å². The van der Waals surface area contributed by atoms with Crippen molar-refractivity contribution < 1.29 is 9.53 Å². The molecular weight excluding hydrogens is 302 g/mol. The number of hydrogen-bond donors (Lipinski definition) is 1. The van der Waals surface area contributed by atoms with Gasteiger partial charge < -0.3 is 14.5 Å². The molecule has 5 heteroatoms. The summed E-state index contributed by atoms with van der Waals surface area (Å²) in [6, 6.07) is 11.6. The Morgan fingerprint density at radius 2 is 1.88 bits per heavy atom. The number of pyridine rings is 1. The minimum absolute atomic E-state index is 0.00231. The second-order valence-electron chi connectivity index (χ2n) is 6.06. The van der Waals surface area contributed by atoms with Crippen LogP contribution in [-0.2, 0) is 4.79 Å². The first-order valence-corrected chi connectivity index (χ1v) is 7.93. The topological polar surface area (TPSA) is 55.6 Å². The number of nitrogens with one attached hydrogen (secondary N) is 1. The van der Waals surface area contributed by atoms with Crippen molar-refractivity contribution in [2.24, 2.45) is 5.92 Å². The lowest BCUT2D eigenvalue weighted by molar-refractivity contribution is -0.118. The van der Waals surface area contributed by atoms with Crippen molar-refractivity contribution in [2.45, 2.75) is 20.8 Å². The van der Waals surface area contributed by atoms with E-state index in [1.54, 1.807) is 7.11 Å². The van der Waals surface area contributed by atoms with Crippen LogP contribution in [0.25, 0.3) is 16.9 Å². The first kappa shape index (κ1) is 16.1. The highest BCUT2D eigenvalue weighted by molar-refractivity contribution is 5.92. The van der Waals surface area contributed by atoms with Gasteiger partial charge in [-0.05, 0) is 43.3 Å². The summed E-state index contributed by atoms with van der Waals surface area (Å²) in [4.78, 5) is 16.6. The van der Waals surface area contributed by atoms with Gasteiger partial charge in [-0.1, -0.05) is 13.8 Å². The van der Waals surface area contributed by atoms with E-state index in [2.05, 4.69) is 5.32 Å². The quantitative estimate of drug-likeness (QED) is 0.792. The number of carbonyl (C=O) groups excluding carboxylic acids is 1. The van der Waals surface area contributed by atoms with Crippen LogP contribution in [0.4, 0.5) is 5.69 Å². The Balaban J connectivity index is 1.99. The molecule has 0 aliphatic heterocycles. The standard InChI is InChI=1S/C19H21N3O2/c1-12(2)19(23)20-15-7-10-17-21-18(13(3)22(17)11-15)14-5-8-16(24-4)9-6-14/h5-12H,1-4H3,(H,20,23). The first-order valence-electron chi connectivity index (χ1n) is 7.93. The van der Waals surface area contributed by atoms with Crippen LogP contribution in [0, 0.1) is 12.8 Å².